The Morgan fingerprint density at radius 3 is 2.53 bits per heavy atom. The minimum absolute atomic E-state index is 0.172. The molecule has 0 unspecified atom stereocenters. The first-order chi connectivity index (χ1) is 7.91. The van der Waals surface area contributed by atoms with E-state index in [1.165, 1.54) is 6.07 Å². The van der Waals surface area contributed by atoms with Crippen molar-refractivity contribution in [3.05, 3.63) is 35.3 Å². The molecule has 0 aliphatic rings. The average molecular weight is 241 g/mol. The van der Waals surface area contributed by atoms with Crippen LogP contribution in [-0.2, 0) is 12.7 Å². The molecular weight excluding hydrogens is 231 g/mol. The maximum atomic E-state index is 12.5. The van der Waals surface area contributed by atoms with Gasteiger partial charge in [0.25, 0.3) is 0 Å². The average Bonchev–Trinajstić information content (AvgIpc) is 2.25. The van der Waals surface area contributed by atoms with Gasteiger partial charge in [-0.25, -0.2) is 9.97 Å². The van der Waals surface area contributed by atoms with Gasteiger partial charge in [-0.15, -0.1) is 0 Å². The summed E-state index contributed by atoms with van der Waals surface area (Å²) in [5.41, 5.74) is 5.61. The van der Waals surface area contributed by atoms with Crippen molar-refractivity contribution in [2.45, 2.75) is 19.6 Å². The molecule has 3 nitrogen and oxygen atoms in total. The van der Waals surface area contributed by atoms with Gasteiger partial charge in [-0.1, -0.05) is 6.07 Å². The highest BCUT2D eigenvalue weighted by molar-refractivity contribution is 5.81. The van der Waals surface area contributed by atoms with Crippen molar-refractivity contribution in [1.82, 2.24) is 9.97 Å². The van der Waals surface area contributed by atoms with E-state index in [9.17, 15) is 13.2 Å². The smallest absolute Gasteiger partial charge is 0.325 e. The second-order valence-electron chi connectivity index (χ2n) is 3.65. The Bertz CT molecular complexity index is 564. The van der Waals surface area contributed by atoms with Crippen molar-refractivity contribution in [3.63, 3.8) is 0 Å². The van der Waals surface area contributed by atoms with Crippen LogP contribution in [0, 0.1) is 6.92 Å². The van der Waals surface area contributed by atoms with Crippen molar-refractivity contribution in [2.24, 2.45) is 5.73 Å². The maximum absolute atomic E-state index is 12.5. The van der Waals surface area contributed by atoms with Crippen LogP contribution in [0.15, 0.2) is 18.2 Å². The lowest BCUT2D eigenvalue weighted by Gasteiger charge is -2.09. The Kier molecular flexibility index (Phi) is 2.74. The van der Waals surface area contributed by atoms with E-state index in [1.54, 1.807) is 6.92 Å². The van der Waals surface area contributed by atoms with Crippen LogP contribution in [-0.4, -0.2) is 9.97 Å². The number of hydrogen-bond donors (Lipinski definition) is 1. The highest BCUT2D eigenvalue weighted by Gasteiger charge is 2.30. The highest BCUT2D eigenvalue weighted by atomic mass is 19.4. The predicted molar refractivity (Wildman–Crippen MR) is 57.2 cm³/mol. The fourth-order valence-corrected chi connectivity index (χ4v) is 1.65. The van der Waals surface area contributed by atoms with E-state index in [1.807, 2.05) is 0 Å². The van der Waals surface area contributed by atoms with Gasteiger partial charge in [0, 0.05) is 11.9 Å². The number of rotatable bonds is 1. The highest BCUT2D eigenvalue weighted by Crippen LogP contribution is 2.31. The van der Waals surface area contributed by atoms with Gasteiger partial charge in [-0.05, 0) is 19.1 Å². The lowest BCUT2D eigenvalue weighted by molar-refractivity contribution is -0.137. The molecule has 90 valence electrons. The summed E-state index contributed by atoms with van der Waals surface area (Å²) in [4.78, 5) is 8.09. The molecule has 0 atom stereocenters. The minimum Gasteiger partial charge on any atom is -0.325 e. The van der Waals surface area contributed by atoms with Crippen LogP contribution in [0.4, 0.5) is 13.2 Å². The van der Waals surface area contributed by atoms with E-state index in [4.69, 9.17) is 5.73 Å². The zero-order chi connectivity index (χ0) is 12.6. The number of fused-ring (bicyclic) bond motifs is 1. The van der Waals surface area contributed by atoms with Gasteiger partial charge in [0.15, 0.2) is 0 Å². The first-order valence-electron chi connectivity index (χ1n) is 4.96. The molecule has 2 rings (SSSR count). The number of alkyl halides is 3. The Morgan fingerprint density at radius 2 is 1.94 bits per heavy atom. The van der Waals surface area contributed by atoms with Crippen LogP contribution in [0.5, 0.6) is 0 Å². The standard InChI is InChI=1S/C11H10F3N3/c1-6-16-9-4-7(11(12,13)14)2-3-8(9)10(5-15)17-6/h2-4H,5,15H2,1H3. The van der Waals surface area contributed by atoms with Crippen LogP contribution < -0.4 is 5.73 Å². The summed E-state index contributed by atoms with van der Waals surface area (Å²) < 4.78 is 37.6. The van der Waals surface area contributed by atoms with Crippen LogP contribution in [0.25, 0.3) is 10.9 Å². The molecular formula is C11H10F3N3. The number of halogens is 3. The monoisotopic (exact) mass is 241 g/mol. The number of benzene rings is 1. The van der Waals surface area contributed by atoms with Crippen LogP contribution in [0.1, 0.15) is 17.1 Å². The molecule has 1 aromatic carbocycles. The van der Waals surface area contributed by atoms with E-state index in [2.05, 4.69) is 9.97 Å². The first kappa shape index (κ1) is 11.8. The van der Waals surface area contributed by atoms with E-state index in [-0.39, 0.29) is 12.1 Å². The van der Waals surface area contributed by atoms with Gasteiger partial charge in [-0.2, -0.15) is 13.2 Å². The molecule has 0 bridgehead atoms. The fraction of sp³-hybridized carbons (Fsp3) is 0.273. The second-order valence-corrected chi connectivity index (χ2v) is 3.65. The summed E-state index contributed by atoms with van der Waals surface area (Å²) in [6.45, 7) is 1.80. The van der Waals surface area contributed by atoms with Crippen LogP contribution >= 0.6 is 0 Å². The van der Waals surface area contributed by atoms with Crippen molar-refractivity contribution in [3.8, 4) is 0 Å². The largest absolute Gasteiger partial charge is 0.416 e. The zero-order valence-electron chi connectivity index (χ0n) is 9.04. The van der Waals surface area contributed by atoms with Crippen molar-refractivity contribution < 1.29 is 13.2 Å². The predicted octanol–water partition coefficient (Wildman–Crippen LogP) is 2.42. The van der Waals surface area contributed by atoms with Crippen molar-refractivity contribution in [1.29, 1.82) is 0 Å². The molecule has 2 N–H and O–H groups in total. The van der Waals surface area contributed by atoms with E-state index in [0.717, 1.165) is 12.1 Å². The normalized spacial score (nSPS) is 12.1. The SMILES string of the molecule is Cc1nc(CN)c2ccc(C(F)(F)F)cc2n1. The molecule has 0 saturated carbocycles. The third-order valence-corrected chi connectivity index (χ3v) is 2.41. The molecule has 1 heterocycles. The van der Waals surface area contributed by atoms with Crippen LogP contribution in [0.3, 0.4) is 0 Å². The van der Waals surface area contributed by atoms with E-state index >= 15 is 0 Å². The third-order valence-electron chi connectivity index (χ3n) is 2.41. The Hall–Kier alpha value is -1.69. The molecule has 2 aromatic rings. The number of nitrogens with two attached hydrogens (primary N) is 1. The van der Waals surface area contributed by atoms with E-state index < -0.39 is 11.7 Å². The van der Waals surface area contributed by atoms with Crippen molar-refractivity contribution in [2.75, 3.05) is 0 Å². The fourth-order valence-electron chi connectivity index (χ4n) is 1.65. The number of nitrogens with zero attached hydrogens (tertiary/aromatic N) is 2. The Morgan fingerprint density at radius 1 is 1.24 bits per heavy atom. The van der Waals surface area contributed by atoms with E-state index in [0.29, 0.717) is 16.9 Å². The van der Waals surface area contributed by atoms with Gasteiger partial charge in [-0.3, -0.25) is 0 Å². The minimum atomic E-state index is -4.37. The van der Waals surface area contributed by atoms with Crippen molar-refractivity contribution >= 4 is 10.9 Å². The summed E-state index contributed by atoms with van der Waals surface area (Å²) >= 11 is 0. The quantitative estimate of drug-likeness (QED) is 0.834. The molecule has 0 radical (unpaired) electrons. The molecule has 6 heteroatoms. The molecule has 0 aliphatic heterocycles. The van der Waals surface area contributed by atoms with Gasteiger partial charge < -0.3 is 5.73 Å². The second kappa shape index (κ2) is 3.96. The summed E-state index contributed by atoms with van der Waals surface area (Å²) in [6, 6.07) is 3.39. The summed E-state index contributed by atoms with van der Waals surface area (Å²) in [6.07, 6.45) is -4.37. The molecule has 1 aromatic heterocycles. The number of aryl methyl sites for hydroxylation is 1. The van der Waals surface area contributed by atoms with Gasteiger partial charge >= 0.3 is 6.18 Å². The molecule has 17 heavy (non-hydrogen) atoms. The molecule has 0 fully saturated rings. The molecule has 0 aliphatic carbocycles. The molecule has 0 saturated heterocycles. The lowest BCUT2D eigenvalue weighted by Crippen LogP contribution is -2.07. The Balaban J connectivity index is 2.70. The third kappa shape index (κ3) is 2.21. The van der Waals surface area contributed by atoms with Crippen LogP contribution in [0.2, 0.25) is 0 Å². The molecule has 0 amide bonds. The summed E-state index contributed by atoms with van der Waals surface area (Å²) in [5, 5.41) is 0.561. The maximum Gasteiger partial charge on any atom is 0.416 e. The van der Waals surface area contributed by atoms with Gasteiger partial charge in [0.2, 0.25) is 0 Å². The van der Waals surface area contributed by atoms with Gasteiger partial charge in [0.05, 0.1) is 16.8 Å². The number of hydrogen-bond acceptors (Lipinski definition) is 3. The zero-order valence-corrected chi connectivity index (χ0v) is 9.04. The molecule has 0 spiro atoms. The topological polar surface area (TPSA) is 51.8 Å². The number of aromatic nitrogens is 2. The summed E-state index contributed by atoms with van der Waals surface area (Å²) in [7, 11) is 0. The Labute approximate surface area is 95.5 Å². The first-order valence-corrected chi connectivity index (χ1v) is 4.96. The lowest BCUT2D eigenvalue weighted by atomic mass is 10.1. The summed E-state index contributed by atoms with van der Waals surface area (Å²) in [5.74, 6) is 0.414. The van der Waals surface area contributed by atoms with Gasteiger partial charge in [0.1, 0.15) is 5.82 Å².